The fourth-order valence-corrected chi connectivity index (χ4v) is 3.76. The quantitative estimate of drug-likeness (QED) is 0.452. The van der Waals surface area contributed by atoms with Gasteiger partial charge in [-0.1, -0.05) is 12.1 Å². The second-order valence-corrected chi connectivity index (χ2v) is 7.22. The van der Waals surface area contributed by atoms with Crippen LogP contribution in [-0.2, 0) is 9.47 Å². The highest BCUT2D eigenvalue weighted by Gasteiger charge is 2.35. The molecule has 0 atom stereocenters. The number of phenols is 2. The van der Waals surface area contributed by atoms with Gasteiger partial charge in [0.25, 0.3) is 0 Å². The van der Waals surface area contributed by atoms with Gasteiger partial charge in [-0.3, -0.25) is 14.5 Å². The van der Waals surface area contributed by atoms with Crippen LogP contribution in [0.2, 0.25) is 0 Å². The molecule has 0 amide bonds. The van der Waals surface area contributed by atoms with E-state index in [0.29, 0.717) is 19.6 Å². The molecule has 4 rings (SSSR count). The summed E-state index contributed by atoms with van der Waals surface area (Å²) in [5.41, 5.74) is -0.440. The predicted molar refractivity (Wildman–Crippen MR) is 112 cm³/mol. The number of rotatable bonds is 5. The van der Waals surface area contributed by atoms with Crippen LogP contribution in [0.4, 0.5) is 0 Å². The van der Waals surface area contributed by atoms with Crippen LogP contribution in [0.1, 0.15) is 48.6 Å². The minimum Gasteiger partial charge on any atom is -0.507 e. The first-order chi connectivity index (χ1) is 14.5. The number of aromatic hydroxyl groups is 2. The minimum absolute atomic E-state index is 0. The Morgan fingerprint density at radius 2 is 1.71 bits per heavy atom. The molecule has 31 heavy (non-hydrogen) atoms. The van der Waals surface area contributed by atoms with Gasteiger partial charge in [-0.15, -0.1) is 12.4 Å². The van der Waals surface area contributed by atoms with Crippen molar-refractivity contribution in [3.63, 3.8) is 0 Å². The minimum atomic E-state index is -0.683. The first kappa shape index (κ1) is 22.7. The standard InChI is InChI=1S/C22H21NO7.ClH/c24-16-4-1-3-14-18(16)21(27)19-15(20(14)26)11-13(12-17(19)25)22(28)30-8-2-5-23-6-9-29-10-7-23;/h1,3-4,11-12,24-25H,2,5-10H2;1H. The molecule has 2 aromatic carbocycles. The Morgan fingerprint density at radius 1 is 1.00 bits per heavy atom. The zero-order valence-corrected chi connectivity index (χ0v) is 17.4. The number of carbonyl (C=O) groups is 3. The zero-order chi connectivity index (χ0) is 21.3. The Bertz CT molecular complexity index is 1030. The van der Waals surface area contributed by atoms with Crippen LogP contribution in [0.5, 0.6) is 11.5 Å². The summed E-state index contributed by atoms with van der Waals surface area (Å²) >= 11 is 0. The lowest BCUT2D eigenvalue weighted by Crippen LogP contribution is -2.37. The van der Waals surface area contributed by atoms with Crippen LogP contribution < -0.4 is 0 Å². The van der Waals surface area contributed by atoms with Crippen molar-refractivity contribution in [3.05, 3.63) is 58.1 Å². The van der Waals surface area contributed by atoms with E-state index < -0.39 is 23.3 Å². The third-order valence-corrected chi connectivity index (χ3v) is 5.29. The highest BCUT2D eigenvalue weighted by Crippen LogP contribution is 2.37. The molecular weight excluding hydrogens is 426 g/mol. The molecule has 1 saturated heterocycles. The molecule has 164 valence electrons. The van der Waals surface area contributed by atoms with E-state index in [1.807, 2.05) is 0 Å². The van der Waals surface area contributed by atoms with E-state index >= 15 is 0 Å². The van der Waals surface area contributed by atoms with Crippen LogP contribution >= 0.6 is 12.4 Å². The summed E-state index contributed by atoms with van der Waals surface area (Å²) in [6.07, 6.45) is 0.646. The van der Waals surface area contributed by atoms with Crippen molar-refractivity contribution in [2.45, 2.75) is 6.42 Å². The number of carbonyl (C=O) groups excluding carboxylic acids is 3. The predicted octanol–water partition coefficient (Wildman–Crippen LogP) is 2.17. The number of phenolic OH excluding ortho intramolecular Hbond substituents is 2. The van der Waals surface area contributed by atoms with E-state index in [1.165, 1.54) is 24.3 Å². The number of hydrogen-bond acceptors (Lipinski definition) is 8. The maximum atomic E-state index is 12.8. The third-order valence-electron chi connectivity index (χ3n) is 5.29. The molecule has 2 aliphatic rings. The van der Waals surface area contributed by atoms with Gasteiger partial charge in [0, 0.05) is 30.8 Å². The Morgan fingerprint density at radius 3 is 2.45 bits per heavy atom. The molecular formula is C22H22ClNO7. The number of hydrogen-bond donors (Lipinski definition) is 2. The van der Waals surface area contributed by atoms with Gasteiger partial charge >= 0.3 is 5.97 Å². The molecule has 0 spiro atoms. The molecule has 0 aromatic heterocycles. The molecule has 2 N–H and O–H groups in total. The van der Waals surface area contributed by atoms with Gasteiger partial charge in [0.05, 0.1) is 36.5 Å². The number of halogens is 1. The van der Waals surface area contributed by atoms with Crippen molar-refractivity contribution >= 4 is 29.9 Å². The smallest absolute Gasteiger partial charge is 0.338 e. The van der Waals surface area contributed by atoms with Crippen LogP contribution in [0.3, 0.4) is 0 Å². The Labute approximate surface area is 184 Å². The molecule has 8 nitrogen and oxygen atoms in total. The summed E-state index contributed by atoms with van der Waals surface area (Å²) < 4.78 is 10.6. The second-order valence-electron chi connectivity index (χ2n) is 7.22. The third kappa shape index (κ3) is 4.41. The molecule has 1 aliphatic carbocycles. The molecule has 2 aromatic rings. The van der Waals surface area contributed by atoms with Crippen molar-refractivity contribution in [2.24, 2.45) is 0 Å². The fraction of sp³-hybridized carbons (Fsp3) is 0.318. The molecule has 0 saturated carbocycles. The Hall–Kier alpha value is -2.94. The largest absolute Gasteiger partial charge is 0.507 e. The van der Waals surface area contributed by atoms with Crippen molar-refractivity contribution in [1.29, 1.82) is 0 Å². The molecule has 0 bridgehead atoms. The zero-order valence-electron chi connectivity index (χ0n) is 16.6. The lowest BCUT2D eigenvalue weighted by molar-refractivity contribution is 0.0298. The van der Waals surface area contributed by atoms with Gasteiger partial charge in [0.2, 0.25) is 5.78 Å². The van der Waals surface area contributed by atoms with Gasteiger partial charge in [-0.05, 0) is 24.6 Å². The lowest BCUT2D eigenvalue weighted by atomic mass is 9.82. The average Bonchev–Trinajstić information content (AvgIpc) is 2.75. The van der Waals surface area contributed by atoms with Crippen molar-refractivity contribution in [1.82, 2.24) is 4.90 Å². The number of ketones is 2. The van der Waals surface area contributed by atoms with E-state index in [0.717, 1.165) is 25.7 Å². The van der Waals surface area contributed by atoms with Crippen LogP contribution in [0.25, 0.3) is 0 Å². The molecule has 1 fully saturated rings. The van der Waals surface area contributed by atoms with Crippen molar-refractivity contribution in [3.8, 4) is 11.5 Å². The summed E-state index contributed by atoms with van der Waals surface area (Å²) in [6.45, 7) is 4.06. The van der Waals surface area contributed by atoms with E-state index in [9.17, 15) is 24.6 Å². The number of benzene rings is 2. The lowest BCUT2D eigenvalue weighted by Gasteiger charge is -2.26. The number of nitrogens with zero attached hydrogens (tertiary/aromatic N) is 1. The molecule has 1 aliphatic heterocycles. The summed E-state index contributed by atoms with van der Waals surface area (Å²) in [5.74, 6) is -2.73. The van der Waals surface area contributed by atoms with E-state index in [4.69, 9.17) is 9.47 Å². The Kier molecular flexibility index (Phi) is 6.94. The fourth-order valence-electron chi connectivity index (χ4n) is 3.76. The van der Waals surface area contributed by atoms with Gasteiger partial charge in [-0.2, -0.15) is 0 Å². The molecule has 1 heterocycles. The highest BCUT2D eigenvalue weighted by molar-refractivity contribution is 6.30. The average molecular weight is 448 g/mol. The van der Waals surface area contributed by atoms with Gasteiger partial charge in [-0.25, -0.2) is 4.79 Å². The maximum absolute atomic E-state index is 12.8. The topological polar surface area (TPSA) is 113 Å². The number of morpholine rings is 1. The first-order valence-corrected chi connectivity index (χ1v) is 9.73. The summed E-state index contributed by atoms with van der Waals surface area (Å²) in [5, 5.41) is 20.3. The maximum Gasteiger partial charge on any atom is 0.338 e. The van der Waals surface area contributed by atoms with Crippen LogP contribution in [-0.4, -0.2) is 72.1 Å². The SMILES string of the molecule is Cl.O=C(OCCCN1CCOCC1)c1cc(O)c2c(c1)C(=O)c1cccc(O)c1C2=O. The highest BCUT2D eigenvalue weighted by atomic mass is 35.5. The normalized spacial score (nSPS) is 15.6. The summed E-state index contributed by atoms with van der Waals surface area (Å²) in [7, 11) is 0. The number of fused-ring (bicyclic) bond motifs is 2. The van der Waals surface area contributed by atoms with Gasteiger partial charge < -0.3 is 19.7 Å². The van der Waals surface area contributed by atoms with Crippen molar-refractivity contribution in [2.75, 3.05) is 39.5 Å². The molecule has 0 unspecified atom stereocenters. The second kappa shape index (κ2) is 9.47. The van der Waals surface area contributed by atoms with E-state index in [-0.39, 0.29) is 52.6 Å². The summed E-state index contributed by atoms with van der Waals surface area (Å²) in [4.78, 5) is 40.2. The van der Waals surface area contributed by atoms with E-state index in [2.05, 4.69) is 4.90 Å². The number of esters is 1. The first-order valence-electron chi connectivity index (χ1n) is 9.73. The van der Waals surface area contributed by atoms with Crippen LogP contribution in [0.15, 0.2) is 30.3 Å². The Balaban J connectivity index is 0.00000272. The van der Waals surface area contributed by atoms with Gasteiger partial charge in [0.1, 0.15) is 11.5 Å². The van der Waals surface area contributed by atoms with Crippen molar-refractivity contribution < 1.29 is 34.1 Å². The van der Waals surface area contributed by atoms with Gasteiger partial charge in [0.15, 0.2) is 5.78 Å². The van der Waals surface area contributed by atoms with Crippen LogP contribution in [0, 0.1) is 0 Å². The summed E-state index contributed by atoms with van der Waals surface area (Å²) in [6, 6.07) is 6.54. The monoisotopic (exact) mass is 447 g/mol. The molecule has 0 radical (unpaired) electrons. The molecule has 9 heteroatoms. The number of ether oxygens (including phenoxy) is 2. The van der Waals surface area contributed by atoms with E-state index in [1.54, 1.807) is 0 Å².